The van der Waals surface area contributed by atoms with Crippen LogP contribution >= 0.6 is 0 Å². The van der Waals surface area contributed by atoms with Crippen LogP contribution in [0.5, 0.6) is 0 Å². The molecule has 2 atom stereocenters. The van der Waals surface area contributed by atoms with Crippen LogP contribution in [-0.2, 0) is 4.74 Å². The summed E-state index contributed by atoms with van der Waals surface area (Å²) in [7, 11) is 5.82. The van der Waals surface area contributed by atoms with Gasteiger partial charge in [0.25, 0.3) is 0 Å². The summed E-state index contributed by atoms with van der Waals surface area (Å²) in [5.74, 6) is 2.92. The number of methoxy groups -OCH3 is 1. The number of guanidine groups is 1. The fourth-order valence-electron chi connectivity index (χ4n) is 3.82. The average Bonchev–Trinajstić information content (AvgIpc) is 2.96. The van der Waals surface area contributed by atoms with Crippen LogP contribution in [0.25, 0.3) is 0 Å². The Hall–Kier alpha value is -0.810. The first-order valence-corrected chi connectivity index (χ1v) is 8.87. The van der Waals surface area contributed by atoms with Gasteiger partial charge in [-0.3, -0.25) is 4.99 Å². The first-order valence-electron chi connectivity index (χ1n) is 8.87. The van der Waals surface area contributed by atoms with Crippen molar-refractivity contribution < 1.29 is 4.74 Å². The van der Waals surface area contributed by atoms with Crippen LogP contribution in [0.3, 0.4) is 0 Å². The molecule has 0 aromatic carbocycles. The number of likely N-dealkylation sites (N-methyl/N-ethyl adjacent to an activating group) is 1. The van der Waals surface area contributed by atoms with E-state index in [1.54, 1.807) is 7.11 Å². The fraction of sp³-hybridized carbons (Fsp3) is 0.941. The maximum absolute atomic E-state index is 5.11. The molecular weight excluding hydrogens is 276 g/mol. The van der Waals surface area contributed by atoms with Gasteiger partial charge in [0.2, 0.25) is 0 Å². The first-order chi connectivity index (χ1) is 10.7. The molecule has 0 spiro atoms. The lowest BCUT2D eigenvalue weighted by atomic mass is 9.82. The molecule has 5 heteroatoms. The van der Waals surface area contributed by atoms with Crippen molar-refractivity contribution in [1.82, 2.24) is 15.1 Å². The molecule has 0 aromatic rings. The van der Waals surface area contributed by atoms with Gasteiger partial charge < -0.3 is 19.9 Å². The molecule has 2 fully saturated rings. The van der Waals surface area contributed by atoms with Crippen LogP contribution in [0, 0.1) is 11.8 Å². The van der Waals surface area contributed by atoms with Crippen LogP contribution in [0.2, 0.25) is 0 Å². The van der Waals surface area contributed by atoms with Gasteiger partial charge in [0.1, 0.15) is 0 Å². The lowest BCUT2D eigenvalue weighted by Crippen LogP contribution is -2.41. The van der Waals surface area contributed by atoms with Crippen LogP contribution in [0.15, 0.2) is 4.99 Å². The molecule has 1 saturated carbocycles. The number of fused-ring (bicyclic) bond motifs is 1. The largest absolute Gasteiger partial charge is 0.383 e. The van der Waals surface area contributed by atoms with Crippen LogP contribution in [-0.4, -0.2) is 76.3 Å². The number of nitrogens with zero attached hydrogens (tertiary/aromatic N) is 3. The Labute approximate surface area is 136 Å². The van der Waals surface area contributed by atoms with Crippen molar-refractivity contribution in [1.29, 1.82) is 0 Å². The highest BCUT2D eigenvalue weighted by atomic mass is 16.5. The second-order valence-electron chi connectivity index (χ2n) is 6.83. The molecule has 2 aliphatic rings. The Bertz CT molecular complexity index is 334. The number of aliphatic imine (C=N–C) groups is 1. The van der Waals surface area contributed by atoms with Gasteiger partial charge in [0.05, 0.1) is 6.61 Å². The normalized spacial score (nSPS) is 25.6. The maximum atomic E-state index is 5.11. The standard InChI is InChI=1S/C17H34N4O/c1-18-17(19-9-6-10-20(2)11-12-22-3)21-13-15-7-4-5-8-16(15)14-21/h15-16H,4-14H2,1-3H3,(H,18,19). The van der Waals surface area contributed by atoms with Gasteiger partial charge in [-0.2, -0.15) is 0 Å². The highest BCUT2D eigenvalue weighted by Gasteiger charge is 2.35. The van der Waals surface area contributed by atoms with Crippen molar-refractivity contribution in [3.63, 3.8) is 0 Å². The van der Waals surface area contributed by atoms with Crippen molar-refractivity contribution in [2.24, 2.45) is 16.8 Å². The van der Waals surface area contributed by atoms with E-state index in [0.29, 0.717) is 0 Å². The molecule has 1 saturated heterocycles. The van der Waals surface area contributed by atoms with Crippen molar-refractivity contribution in [3.8, 4) is 0 Å². The van der Waals surface area contributed by atoms with E-state index in [1.165, 1.54) is 38.8 Å². The number of ether oxygens (including phenoxy) is 1. The van der Waals surface area contributed by atoms with Gasteiger partial charge >= 0.3 is 0 Å². The summed E-state index contributed by atoms with van der Waals surface area (Å²) in [6.45, 7) is 6.31. The molecule has 1 N–H and O–H groups in total. The zero-order chi connectivity index (χ0) is 15.8. The van der Waals surface area contributed by atoms with E-state index in [1.807, 2.05) is 7.05 Å². The Morgan fingerprint density at radius 3 is 2.50 bits per heavy atom. The van der Waals surface area contributed by atoms with Crippen LogP contribution in [0.1, 0.15) is 32.1 Å². The van der Waals surface area contributed by atoms with E-state index in [0.717, 1.165) is 50.5 Å². The smallest absolute Gasteiger partial charge is 0.193 e. The predicted octanol–water partition coefficient (Wildman–Crippen LogP) is 1.65. The molecule has 2 rings (SSSR count). The second kappa shape index (κ2) is 9.36. The molecule has 0 aromatic heterocycles. The quantitative estimate of drug-likeness (QED) is 0.441. The summed E-state index contributed by atoms with van der Waals surface area (Å²) in [5.41, 5.74) is 0. The molecular formula is C17H34N4O. The minimum atomic E-state index is 0.808. The number of likely N-dealkylation sites (tertiary alicyclic amines) is 1. The van der Waals surface area contributed by atoms with Gasteiger partial charge in [-0.15, -0.1) is 0 Å². The van der Waals surface area contributed by atoms with Crippen molar-refractivity contribution in [3.05, 3.63) is 0 Å². The topological polar surface area (TPSA) is 40.1 Å². The third-order valence-electron chi connectivity index (χ3n) is 5.16. The molecule has 1 aliphatic heterocycles. The van der Waals surface area contributed by atoms with E-state index in [2.05, 4.69) is 27.2 Å². The fourth-order valence-corrected chi connectivity index (χ4v) is 3.82. The number of hydrogen-bond acceptors (Lipinski definition) is 3. The lowest BCUT2D eigenvalue weighted by molar-refractivity contribution is 0.161. The van der Waals surface area contributed by atoms with Crippen LogP contribution < -0.4 is 5.32 Å². The number of rotatable bonds is 7. The third-order valence-corrected chi connectivity index (χ3v) is 5.16. The molecule has 1 heterocycles. The highest BCUT2D eigenvalue weighted by molar-refractivity contribution is 5.80. The monoisotopic (exact) mass is 310 g/mol. The van der Waals surface area contributed by atoms with Gasteiger partial charge in [0.15, 0.2) is 5.96 Å². The van der Waals surface area contributed by atoms with E-state index >= 15 is 0 Å². The summed E-state index contributed by atoms with van der Waals surface area (Å²) in [5, 5.41) is 3.55. The molecule has 1 aliphatic carbocycles. The molecule has 0 radical (unpaired) electrons. The molecule has 22 heavy (non-hydrogen) atoms. The molecule has 0 amide bonds. The highest BCUT2D eigenvalue weighted by Crippen LogP contribution is 2.35. The third kappa shape index (κ3) is 5.13. The molecule has 5 nitrogen and oxygen atoms in total. The van der Waals surface area contributed by atoms with Gasteiger partial charge in [-0.05, 0) is 44.7 Å². The van der Waals surface area contributed by atoms with E-state index in [-0.39, 0.29) is 0 Å². The zero-order valence-electron chi connectivity index (χ0n) is 14.7. The minimum Gasteiger partial charge on any atom is -0.383 e. The zero-order valence-corrected chi connectivity index (χ0v) is 14.7. The second-order valence-corrected chi connectivity index (χ2v) is 6.83. The Kier molecular flexibility index (Phi) is 7.46. The van der Waals surface area contributed by atoms with Gasteiger partial charge in [-0.1, -0.05) is 12.8 Å². The first kappa shape index (κ1) is 17.5. The van der Waals surface area contributed by atoms with Crippen LogP contribution in [0.4, 0.5) is 0 Å². The van der Waals surface area contributed by atoms with Crippen molar-refractivity contribution in [2.75, 3.05) is 60.5 Å². The van der Waals surface area contributed by atoms with Crippen molar-refractivity contribution >= 4 is 5.96 Å². The molecule has 2 unspecified atom stereocenters. The SMILES string of the molecule is CN=C(NCCCN(C)CCOC)N1CC2CCCCC2C1. The van der Waals surface area contributed by atoms with Crippen molar-refractivity contribution in [2.45, 2.75) is 32.1 Å². The molecule has 128 valence electrons. The van der Waals surface area contributed by atoms with Gasteiger partial charge in [-0.25, -0.2) is 0 Å². The summed E-state index contributed by atoms with van der Waals surface area (Å²) in [4.78, 5) is 9.29. The molecule has 0 bridgehead atoms. The average molecular weight is 310 g/mol. The summed E-state index contributed by atoms with van der Waals surface area (Å²) in [6.07, 6.45) is 6.83. The minimum absolute atomic E-state index is 0.808. The number of hydrogen-bond donors (Lipinski definition) is 1. The van der Waals surface area contributed by atoms with E-state index in [4.69, 9.17) is 4.74 Å². The lowest BCUT2D eigenvalue weighted by Gasteiger charge is -2.22. The van der Waals surface area contributed by atoms with E-state index < -0.39 is 0 Å². The predicted molar refractivity (Wildman–Crippen MR) is 92.4 cm³/mol. The number of nitrogens with one attached hydrogen (secondary N) is 1. The Morgan fingerprint density at radius 2 is 1.91 bits per heavy atom. The Balaban J connectivity index is 1.65. The summed E-state index contributed by atoms with van der Waals surface area (Å²) < 4.78 is 5.11. The Morgan fingerprint density at radius 1 is 1.23 bits per heavy atom. The summed E-state index contributed by atoms with van der Waals surface area (Å²) >= 11 is 0. The maximum Gasteiger partial charge on any atom is 0.193 e. The van der Waals surface area contributed by atoms with Gasteiger partial charge in [0, 0.05) is 40.3 Å². The van der Waals surface area contributed by atoms with E-state index in [9.17, 15) is 0 Å². The summed E-state index contributed by atoms with van der Waals surface area (Å²) in [6, 6.07) is 0.